The minimum atomic E-state index is -0.475. The van der Waals surface area contributed by atoms with Crippen molar-refractivity contribution in [1.82, 2.24) is 25.6 Å². The first kappa shape index (κ1) is 15.7. The molecule has 0 spiro atoms. The molecule has 0 unspecified atom stereocenters. The van der Waals surface area contributed by atoms with Crippen LogP contribution in [0.25, 0.3) is 0 Å². The van der Waals surface area contributed by atoms with E-state index in [2.05, 4.69) is 36.2 Å². The first-order valence-corrected chi connectivity index (χ1v) is 7.93. The second-order valence-electron chi connectivity index (χ2n) is 4.76. The number of aryl methyl sites for hydroxylation is 1. The second kappa shape index (κ2) is 7.42. The van der Waals surface area contributed by atoms with Crippen LogP contribution in [0.3, 0.4) is 0 Å². The Balaban J connectivity index is 1.51. The van der Waals surface area contributed by atoms with Gasteiger partial charge in [-0.25, -0.2) is 4.98 Å². The van der Waals surface area contributed by atoms with Crippen LogP contribution in [0.1, 0.15) is 22.5 Å². The largest absolute Gasteiger partial charge is 0.302 e. The lowest BCUT2D eigenvalue weighted by Crippen LogP contribution is -2.15. The van der Waals surface area contributed by atoms with Crippen molar-refractivity contribution in [3.8, 4) is 0 Å². The molecule has 2 heterocycles. The quantitative estimate of drug-likeness (QED) is 0.622. The van der Waals surface area contributed by atoms with Crippen LogP contribution < -0.4 is 10.6 Å². The molecule has 3 aromatic rings. The number of anilines is 2. The highest BCUT2D eigenvalue weighted by atomic mass is 32.1. The van der Waals surface area contributed by atoms with Crippen molar-refractivity contribution < 1.29 is 9.59 Å². The Morgan fingerprint density at radius 2 is 2.00 bits per heavy atom. The maximum Gasteiger partial charge on any atom is 0.277 e. The number of nitrogens with one attached hydrogen (secondary N) is 3. The highest BCUT2D eigenvalue weighted by Crippen LogP contribution is 2.16. The molecule has 0 fully saturated rings. The van der Waals surface area contributed by atoms with Gasteiger partial charge in [-0.05, 0) is 17.2 Å². The van der Waals surface area contributed by atoms with Crippen molar-refractivity contribution in [3.05, 3.63) is 47.0 Å². The lowest BCUT2D eigenvalue weighted by Gasteiger charge is -2.02. The number of tetrazole rings is 1. The van der Waals surface area contributed by atoms with Crippen molar-refractivity contribution in [1.29, 1.82) is 0 Å². The van der Waals surface area contributed by atoms with Gasteiger partial charge in [-0.2, -0.15) is 5.21 Å². The van der Waals surface area contributed by atoms with Gasteiger partial charge in [0.25, 0.3) is 11.9 Å². The van der Waals surface area contributed by atoms with E-state index in [-0.39, 0.29) is 17.5 Å². The van der Waals surface area contributed by atoms with Crippen LogP contribution in [0.4, 0.5) is 11.1 Å². The third kappa shape index (κ3) is 4.20. The summed E-state index contributed by atoms with van der Waals surface area (Å²) in [4.78, 5) is 27.9. The predicted octanol–water partition coefficient (Wildman–Crippen LogP) is 1.48. The topological polar surface area (TPSA) is 126 Å². The van der Waals surface area contributed by atoms with E-state index in [0.717, 1.165) is 5.56 Å². The van der Waals surface area contributed by atoms with Gasteiger partial charge in [0, 0.05) is 11.8 Å². The number of carbonyl (C=O) groups is 2. The summed E-state index contributed by atoms with van der Waals surface area (Å²) in [6.45, 7) is 0. The first-order chi connectivity index (χ1) is 11.7. The normalized spacial score (nSPS) is 10.3. The number of thiazole rings is 1. The van der Waals surface area contributed by atoms with E-state index in [1.807, 2.05) is 30.3 Å². The van der Waals surface area contributed by atoms with Crippen molar-refractivity contribution in [3.63, 3.8) is 0 Å². The Labute approximate surface area is 140 Å². The molecule has 3 N–H and O–H groups in total. The number of rotatable bonds is 6. The SMILES string of the molecule is O=C(CCc1ccccc1)Nc1nc(C(=O)Nc2nn[nH]n2)cs1. The highest BCUT2D eigenvalue weighted by Gasteiger charge is 2.14. The van der Waals surface area contributed by atoms with Gasteiger partial charge in [-0.15, -0.1) is 16.4 Å². The molecule has 1 aromatic carbocycles. The molecule has 0 aliphatic carbocycles. The fourth-order valence-corrected chi connectivity index (χ4v) is 2.61. The number of benzene rings is 1. The van der Waals surface area contributed by atoms with Crippen LogP contribution in [-0.4, -0.2) is 37.4 Å². The zero-order valence-corrected chi connectivity index (χ0v) is 13.2. The predicted molar refractivity (Wildman–Crippen MR) is 87.6 cm³/mol. The van der Waals surface area contributed by atoms with Crippen LogP contribution in [0.5, 0.6) is 0 Å². The number of hydrogen-bond acceptors (Lipinski definition) is 7. The van der Waals surface area contributed by atoms with E-state index in [9.17, 15) is 9.59 Å². The van der Waals surface area contributed by atoms with E-state index in [4.69, 9.17) is 0 Å². The molecule has 0 radical (unpaired) electrons. The zero-order valence-electron chi connectivity index (χ0n) is 12.4. The smallest absolute Gasteiger partial charge is 0.277 e. The Bertz CT molecular complexity index is 817. The number of carbonyl (C=O) groups excluding carboxylic acids is 2. The Hall–Kier alpha value is -3.14. The third-order valence-electron chi connectivity index (χ3n) is 3.04. The highest BCUT2D eigenvalue weighted by molar-refractivity contribution is 7.14. The van der Waals surface area contributed by atoms with E-state index in [0.29, 0.717) is 18.0 Å². The third-order valence-corrected chi connectivity index (χ3v) is 3.80. The number of aromatic nitrogens is 5. The van der Waals surface area contributed by atoms with Gasteiger partial charge in [0.05, 0.1) is 0 Å². The van der Waals surface area contributed by atoms with Gasteiger partial charge in [0.15, 0.2) is 5.13 Å². The summed E-state index contributed by atoms with van der Waals surface area (Å²) in [5, 5.41) is 19.8. The molecule has 3 rings (SSSR count). The summed E-state index contributed by atoms with van der Waals surface area (Å²) in [5.41, 5.74) is 1.26. The van der Waals surface area contributed by atoms with Gasteiger partial charge >= 0.3 is 0 Å². The molecule has 2 amide bonds. The number of nitrogens with zero attached hydrogens (tertiary/aromatic N) is 4. The Morgan fingerprint density at radius 1 is 1.17 bits per heavy atom. The van der Waals surface area contributed by atoms with Gasteiger partial charge in [0.1, 0.15) is 5.69 Å². The summed E-state index contributed by atoms with van der Waals surface area (Å²) in [5.74, 6) is -0.572. The van der Waals surface area contributed by atoms with Crippen molar-refractivity contribution in [2.24, 2.45) is 0 Å². The van der Waals surface area contributed by atoms with Crippen LogP contribution in [0.2, 0.25) is 0 Å². The summed E-state index contributed by atoms with van der Waals surface area (Å²) in [6, 6.07) is 9.74. The van der Waals surface area contributed by atoms with E-state index < -0.39 is 5.91 Å². The average Bonchev–Trinajstić information content (AvgIpc) is 3.26. The fraction of sp³-hybridized carbons (Fsp3) is 0.143. The van der Waals surface area contributed by atoms with Crippen LogP contribution in [0, 0.1) is 0 Å². The van der Waals surface area contributed by atoms with Gasteiger partial charge in [-0.3, -0.25) is 14.9 Å². The molecular weight excluding hydrogens is 330 g/mol. The molecule has 9 nitrogen and oxygen atoms in total. The standard InChI is InChI=1S/C14H13N7O2S/c22-11(7-6-9-4-2-1-3-5-9)16-14-15-10(8-24-14)12(23)17-13-18-20-21-19-13/h1-5,8H,6-7H2,(H,15,16,22)(H2,17,18,19,20,21,23). The fourth-order valence-electron chi connectivity index (χ4n) is 1.90. The number of hydrogen-bond donors (Lipinski definition) is 3. The molecule has 0 saturated carbocycles. The van der Waals surface area contributed by atoms with Crippen molar-refractivity contribution in [2.45, 2.75) is 12.8 Å². The molecule has 2 aromatic heterocycles. The van der Waals surface area contributed by atoms with Crippen LogP contribution >= 0.6 is 11.3 Å². The van der Waals surface area contributed by atoms with Crippen molar-refractivity contribution >= 4 is 34.2 Å². The Morgan fingerprint density at radius 3 is 2.75 bits per heavy atom. The van der Waals surface area contributed by atoms with Gasteiger partial charge in [-0.1, -0.05) is 35.4 Å². The lowest BCUT2D eigenvalue weighted by atomic mass is 10.1. The summed E-state index contributed by atoms with van der Waals surface area (Å²) < 4.78 is 0. The molecule has 0 aliphatic heterocycles. The van der Waals surface area contributed by atoms with E-state index >= 15 is 0 Å². The van der Waals surface area contributed by atoms with E-state index in [1.54, 1.807) is 5.38 Å². The molecule has 0 aliphatic rings. The molecule has 0 saturated heterocycles. The Kier molecular flexibility index (Phi) is 4.87. The average molecular weight is 343 g/mol. The molecule has 24 heavy (non-hydrogen) atoms. The maximum absolute atomic E-state index is 11.9. The molecule has 10 heteroatoms. The molecule has 0 bridgehead atoms. The first-order valence-electron chi connectivity index (χ1n) is 7.05. The van der Waals surface area contributed by atoms with E-state index in [1.165, 1.54) is 11.3 Å². The number of aromatic amines is 1. The van der Waals surface area contributed by atoms with Crippen molar-refractivity contribution in [2.75, 3.05) is 10.6 Å². The second-order valence-corrected chi connectivity index (χ2v) is 5.62. The number of H-pyrrole nitrogens is 1. The summed E-state index contributed by atoms with van der Waals surface area (Å²) >= 11 is 1.17. The lowest BCUT2D eigenvalue weighted by molar-refractivity contribution is -0.116. The number of amides is 2. The maximum atomic E-state index is 11.9. The molecular formula is C14H13N7O2S. The summed E-state index contributed by atoms with van der Waals surface area (Å²) in [6.07, 6.45) is 0.983. The van der Waals surface area contributed by atoms with Crippen LogP contribution in [-0.2, 0) is 11.2 Å². The molecule has 0 atom stereocenters. The minimum Gasteiger partial charge on any atom is -0.302 e. The monoisotopic (exact) mass is 343 g/mol. The van der Waals surface area contributed by atoms with Gasteiger partial charge < -0.3 is 5.32 Å². The minimum absolute atomic E-state index is 0.0569. The van der Waals surface area contributed by atoms with Crippen LogP contribution in [0.15, 0.2) is 35.7 Å². The van der Waals surface area contributed by atoms with Gasteiger partial charge in [0.2, 0.25) is 5.91 Å². The summed E-state index contributed by atoms with van der Waals surface area (Å²) in [7, 11) is 0. The zero-order chi connectivity index (χ0) is 16.8. The molecule has 122 valence electrons.